The van der Waals surface area contributed by atoms with Gasteiger partial charge in [-0.3, -0.25) is 9.59 Å². The van der Waals surface area contributed by atoms with E-state index in [1.54, 1.807) is 6.92 Å². The Hall–Kier alpha value is -1.32. The van der Waals surface area contributed by atoms with Gasteiger partial charge >= 0.3 is 11.9 Å². The van der Waals surface area contributed by atoms with E-state index in [-0.39, 0.29) is 5.92 Å². The van der Waals surface area contributed by atoms with Gasteiger partial charge in [-0.15, -0.1) is 0 Å². The fraction of sp³-hybridized carbons (Fsp3) is 0.778. The number of carbonyl (C=O) groups is 2. The van der Waals surface area contributed by atoms with Crippen molar-refractivity contribution in [1.29, 1.82) is 0 Å². The van der Waals surface area contributed by atoms with Gasteiger partial charge in [0.15, 0.2) is 0 Å². The van der Waals surface area contributed by atoms with Crippen molar-refractivity contribution in [2.24, 2.45) is 16.7 Å². The fourth-order valence-corrected chi connectivity index (χ4v) is 4.12. The van der Waals surface area contributed by atoms with Crippen LogP contribution in [0.1, 0.15) is 72.1 Å². The molecule has 0 fully saturated rings. The SMILES string of the molecule is CCCCCCC(C)C1(C(=O)O)CC=CCC1(CC)C(=O)O. The molecule has 0 saturated carbocycles. The van der Waals surface area contributed by atoms with Crippen molar-refractivity contribution in [2.45, 2.75) is 72.1 Å². The van der Waals surface area contributed by atoms with Crippen molar-refractivity contribution in [2.75, 3.05) is 0 Å². The molecule has 0 saturated heterocycles. The van der Waals surface area contributed by atoms with Crippen LogP contribution in [0.5, 0.6) is 0 Å². The van der Waals surface area contributed by atoms with E-state index >= 15 is 0 Å². The number of aliphatic carboxylic acids is 2. The topological polar surface area (TPSA) is 74.6 Å². The Kier molecular flexibility index (Phi) is 6.64. The van der Waals surface area contributed by atoms with Crippen LogP contribution in [0, 0.1) is 16.7 Å². The quantitative estimate of drug-likeness (QED) is 0.486. The Balaban J connectivity index is 3.13. The molecule has 0 aliphatic heterocycles. The third kappa shape index (κ3) is 3.06. The molecule has 0 aromatic heterocycles. The average molecular weight is 310 g/mol. The summed E-state index contributed by atoms with van der Waals surface area (Å²) in [5.41, 5.74) is -2.40. The average Bonchev–Trinajstić information content (AvgIpc) is 2.50. The molecule has 1 aliphatic rings. The summed E-state index contributed by atoms with van der Waals surface area (Å²) >= 11 is 0. The Morgan fingerprint density at radius 1 is 1.05 bits per heavy atom. The van der Waals surface area contributed by atoms with E-state index in [0.29, 0.717) is 19.3 Å². The second-order valence-electron chi connectivity index (χ2n) is 6.65. The number of carboxylic acids is 2. The molecule has 4 heteroatoms. The second-order valence-corrected chi connectivity index (χ2v) is 6.65. The predicted octanol–water partition coefficient (Wildman–Crippen LogP) is 4.49. The Labute approximate surface area is 133 Å². The van der Waals surface area contributed by atoms with Gasteiger partial charge in [-0.25, -0.2) is 0 Å². The van der Waals surface area contributed by atoms with Gasteiger partial charge in [0.1, 0.15) is 0 Å². The van der Waals surface area contributed by atoms with Crippen LogP contribution < -0.4 is 0 Å². The third-order valence-corrected chi connectivity index (χ3v) is 5.65. The summed E-state index contributed by atoms with van der Waals surface area (Å²) in [7, 11) is 0. The zero-order valence-corrected chi connectivity index (χ0v) is 14.1. The highest BCUT2D eigenvalue weighted by Gasteiger charge is 2.62. The van der Waals surface area contributed by atoms with Gasteiger partial charge in [-0.1, -0.05) is 58.6 Å². The van der Waals surface area contributed by atoms with E-state index in [0.717, 1.165) is 32.1 Å². The van der Waals surface area contributed by atoms with Gasteiger partial charge in [0.25, 0.3) is 0 Å². The molecule has 1 aliphatic carbocycles. The number of hydrogen-bond acceptors (Lipinski definition) is 2. The van der Waals surface area contributed by atoms with Crippen molar-refractivity contribution < 1.29 is 19.8 Å². The maximum Gasteiger partial charge on any atom is 0.311 e. The van der Waals surface area contributed by atoms with Crippen LogP contribution in [0.3, 0.4) is 0 Å². The first-order valence-electron chi connectivity index (χ1n) is 8.50. The van der Waals surface area contributed by atoms with Crippen LogP contribution in [0.15, 0.2) is 12.2 Å². The molecule has 2 N–H and O–H groups in total. The highest BCUT2D eigenvalue weighted by Crippen LogP contribution is 2.56. The Morgan fingerprint density at radius 2 is 1.68 bits per heavy atom. The summed E-state index contributed by atoms with van der Waals surface area (Å²) < 4.78 is 0. The minimum absolute atomic E-state index is 0.150. The largest absolute Gasteiger partial charge is 0.481 e. The van der Waals surface area contributed by atoms with Crippen LogP contribution >= 0.6 is 0 Å². The van der Waals surface area contributed by atoms with Gasteiger partial charge in [-0.05, 0) is 31.6 Å². The first kappa shape index (κ1) is 18.7. The number of unbranched alkanes of at least 4 members (excludes halogenated alkanes) is 3. The lowest BCUT2D eigenvalue weighted by Gasteiger charge is -2.49. The molecule has 4 nitrogen and oxygen atoms in total. The number of carboxylic acid groups (broad SMARTS) is 2. The maximum atomic E-state index is 12.2. The van der Waals surface area contributed by atoms with E-state index in [1.165, 1.54) is 0 Å². The minimum Gasteiger partial charge on any atom is -0.481 e. The van der Waals surface area contributed by atoms with Crippen LogP contribution in [0.25, 0.3) is 0 Å². The lowest BCUT2D eigenvalue weighted by atomic mass is 9.51. The standard InChI is InChI=1S/C18H30O4/c1-4-6-7-8-11-14(3)18(16(21)22)13-10-9-12-17(18,5-2)15(19)20/h9-10,14H,4-8,11-13H2,1-3H3,(H,19,20)(H,21,22). The molecule has 0 spiro atoms. The highest BCUT2D eigenvalue weighted by molar-refractivity contribution is 5.87. The molecule has 0 bridgehead atoms. The van der Waals surface area contributed by atoms with E-state index in [9.17, 15) is 19.8 Å². The maximum absolute atomic E-state index is 12.2. The first-order chi connectivity index (χ1) is 10.4. The van der Waals surface area contributed by atoms with Gasteiger partial charge in [0.2, 0.25) is 0 Å². The van der Waals surface area contributed by atoms with Crippen molar-refractivity contribution in [1.82, 2.24) is 0 Å². The third-order valence-electron chi connectivity index (χ3n) is 5.65. The normalized spacial score (nSPS) is 29.2. The van der Waals surface area contributed by atoms with Crippen molar-refractivity contribution in [3.63, 3.8) is 0 Å². The summed E-state index contributed by atoms with van der Waals surface area (Å²) in [6.45, 7) is 5.86. The molecule has 0 aromatic rings. The molecule has 0 heterocycles. The van der Waals surface area contributed by atoms with Crippen LogP contribution in [-0.2, 0) is 9.59 Å². The van der Waals surface area contributed by atoms with Gasteiger partial charge in [0.05, 0.1) is 10.8 Å². The zero-order valence-electron chi connectivity index (χ0n) is 14.1. The fourth-order valence-electron chi connectivity index (χ4n) is 4.12. The highest BCUT2D eigenvalue weighted by atomic mass is 16.4. The summed E-state index contributed by atoms with van der Waals surface area (Å²) in [5.74, 6) is -2.07. The molecule has 0 amide bonds. The van der Waals surface area contributed by atoms with Gasteiger partial charge < -0.3 is 10.2 Å². The van der Waals surface area contributed by atoms with Gasteiger partial charge in [0, 0.05) is 0 Å². The predicted molar refractivity (Wildman–Crippen MR) is 86.7 cm³/mol. The molecule has 1 rings (SSSR count). The molecule has 3 atom stereocenters. The van der Waals surface area contributed by atoms with Crippen molar-refractivity contribution in [3.8, 4) is 0 Å². The summed E-state index contributed by atoms with van der Waals surface area (Å²) in [6, 6.07) is 0. The second kappa shape index (κ2) is 7.80. The van der Waals surface area contributed by atoms with E-state index in [2.05, 4.69) is 6.92 Å². The number of allylic oxidation sites excluding steroid dienone is 2. The van der Waals surface area contributed by atoms with E-state index < -0.39 is 22.8 Å². The lowest BCUT2D eigenvalue weighted by Crippen LogP contribution is -2.56. The molecule has 126 valence electrons. The lowest BCUT2D eigenvalue weighted by molar-refractivity contribution is -0.182. The Bertz CT molecular complexity index is 429. The zero-order chi connectivity index (χ0) is 16.8. The summed E-state index contributed by atoms with van der Waals surface area (Å²) in [5, 5.41) is 19.8. The number of hydrogen-bond donors (Lipinski definition) is 2. The monoisotopic (exact) mass is 310 g/mol. The van der Waals surface area contributed by atoms with Crippen LogP contribution in [0.4, 0.5) is 0 Å². The van der Waals surface area contributed by atoms with E-state index in [1.807, 2.05) is 19.1 Å². The number of rotatable bonds is 9. The Morgan fingerprint density at radius 3 is 2.18 bits per heavy atom. The van der Waals surface area contributed by atoms with Crippen molar-refractivity contribution in [3.05, 3.63) is 12.2 Å². The summed E-state index contributed by atoms with van der Waals surface area (Å²) in [6.07, 6.45) is 9.76. The molecular formula is C18H30O4. The van der Waals surface area contributed by atoms with Crippen LogP contribution in [0.2, 0.25) is 0 Å². The van der Waals surface area contributed by atoms with Crippen LogP contribution in [-0.4, -0.2) is 22.2 Å². The molecular weight excluding hydrogens is 280 g/mol. The van der Waals surface area contributed by atoms with Crippen molar-refractivity contribution >= 4 is 11.9 Å². The molecule has 0 aromatic carbocycles. The first-order valence-corrected chi connectivity index (χ1v) is 8.50. The molecule has 0 radical (unpaired) electrons. The van der Waals surface area contributed by atoms with Gasteiger partial charge in [-0.2, -0.15) is 0 Å². The minimum atomic E-state index is -1.20. The van der Waals surface area contributed by atoms with E-state index in [4.69, 9.17) is 0 Å². The summed E-state index contributed by atoms with van der Waals surface area (Å²) in [4.78, 5) is 24.2. The molecule has 3 unspecified atom stereocenters. The smallest absolute Gasteiger partial charge is 0.311 e. The molecule has 22 heavy (non-hydrogen) atoms.